The highest BCUT2D eigenvalue weighted by Crippen LogP contribution is 2.37. The van der Waals surface area contributed by atoms with Crippen molar-refractivity contribution in [1.82, 2.24) is 5.32 Å². The Morgan fingerprint density at radius 3 is 2.72 bits per heavy atom. The molecule has 11 heteroatoms. The van der Waals surface area contributed by atoms with Crippen molar-refractivity contribution in [3.05, 3.63) is 46.2 Å². The molecule has 2 amide bonds. The Kier molecular flexibility index (Phi) is 6.10. The van der Waals surface area contributed by atoms with Crippen LogP contribution in [0.3, 0.4) is 0 Å². The van der Waals surface area contributed by atoms with Crippen LogP contribution in [0.15, 0.2) is 28.9 Å². The Balaban J connectivity index is 1.65. The standard InChI is InChI=1S/C18H16N2O8S/c21-13(4-3-9-2-1-5-27-9)19-7-10-6-11-12(8-28-10)29-16(14(11)17(23)24)20-15(22)18(25)26/h1-5,10H,6-8H2,(H,19,21)(H,20,22)(H,23,24)(H,25,26)/b4-3+. The van der Waals surface area contributed by atoms with E-state index >= 15 is 0 Å². The zero-order chi connectivity index (χ0) is 21.0. The van der Waals surface area contributed by atoms with Crippen molar-refractivity contribution in [2.24, 2.45) is 0 Å². The average molecular weight is 420 g/mol. The summed E-state index contributed by atoms with van der Waals surface area (Å²) < 4.78 is 10.7. The smallest absolute Gasteiger partial charge is 0.394 e. The van der Waals surface area contributed by atoms with Crippen LogP contribution in [0.1, 0.15) is 26.6 Å². The van der Waals surface area contributed by atoms with Gasteiger partial charge in [0, 0.05) is 23.9 Å². The summed E-state index contributed by atoms with van der Waals surface area (Å²) in [7, 11) is 0. The second kappa shape index (κ2) is 8.71. The molecule has 1 atom stereocenters. The van der Waals surface area contributed by atoms with Crippen LogP contribution in [0.4, 0.5) is 5.00 Å². The van der Waals surface area contributed by atoms with E-state index in [0.717, 1.165) is 11.3 Å². The van der Waals surface area contributed by atoms with E-state index in [2.05, 4.69) is 10.6 Å². The third kappa shape index (κ3) is 4.89. The molecule has 3 heterocycles. The number of aliphatic carboxylic acids is 1. The zero-order valence-corrected chi connectivity index (χ0v) is 15.7. The number of nitrogens with one attached hydrogen (secondary N) is 2. The lowest BCUT2D eigenvalue weighted by molar-refractivity contribution is -0.147. The summed E-state index contributed by atoms with van der Waals surface area (Å²) in [4.78, 5) is 46.3. The van der Waals surface area contributed by atoms with Gasteiger partial charge in [-0.05, 0) is 23.8 Å². The van der Waals surface area contributed by atoms with Crippen molar-refractivity contribution in [3.63, 3.8) is 0 Å². The fourth-order valence-corrected chi connectivity index (χ4v) is 3.88. The van der Waals surface area contributed by atoms with E-state index in [0.29, 0.717) is 16.2 Å². The molecule has 1 unspecified atom stereocenters. The minimum absolute atomic E-state index is 0.0513. The van der Waals surface area contributed by atoms with Gasteiger partial charge in [0.25, 0.3) is 0 Å². The summed E-state index contributed by atoms with van der Waals surface area (Å²) in [5, 5.41) is 22.9. The molecule has 29 heavy (non-hydrogen) atoms. The largest absolute Gasteiger partial charge is 0.478 e. The fourth-order valence-electron chi connectivity index (χ4n) is 2.74. The quantitative estimate of drug-likeness (QED) is 0.403. The minimum atomic E-state index is -1.72. The number of thiophene rings is 1. The third-order valence-electron chi connectivity index (χ3n) is 4.05. The van der Waals surface area contributed by atoms with Crippen LogP contribution < -0.4 is 10.6 Å². The van der Waals surface area contributed by atoms with Gasteiger partial charge in [-0.15, -0.1) is 11.3 Å². The molecule has 0 aromatic carbocycles. The molecule has 0 saturated heterocycles. The Morgan fingerprint density at radius 2 is 2.07 bits per heavy atom. The van der Waals surface area contributed by atoms with Crippen molar-refractivity contribution in [2.75, 3.05) is 11.9 Å². The lowest BCUT2D eigenvalue weighted by Gasteiger charge is -2.23. The Morgan fingerprint density at radius 1 is 1.28 bits per heavy atom. The Labute approximate surface area is 167 Å². The van der Waals surface area contributed by atoms with E-state index in [1.165, 1.54) is 18.4 Å². The molecule has 3 rings (SSSR count). The van der Waals surface area contributed by atoms with E-state index in [1.54, 1.807) is 12.1 Å². The van der Waals surface area contributed by atoms with E-state index in [1.807, 2.05) is 0 Å². The topological polar surface area (TPSA) is 155 Å². The highest BCUT2D eigenvalue weighted by molar-refractivity contribution is 7.17. The predicted octanol–water partition coefficient (Wildman–Crippen LogP) is 1.33. The maximum absolute atomic E-state index is 11.9. The number of carboxylic acids is 2. The third-order valence-corrected chi connectivity index (χ3v) is 5.17. The van der Waals surface area contributed by atoms with Gasteiger partial charge in [-0.2, -0.15) is 0 Å². The van der Waals surface area contributed by atoms with Crippen LogP contribution >= 0.6 is 11.3 Å². The summed E-state index contributed by atoms with van der Waals surface area (Å²) >= 11 is 0.959. The molecule has 2 aromatic rings. The fraction of sp³-hybridized carbons (Fsp3) is 0.222. The zero-order valence-electron chi connectivity index (χ0n) is 14.8. The number of rotatable bonds is 6. The molecule has 0 spiro atoms. The van der Waals surface area contributed by atoms with Gasteiger partial charge in [-0.25, -0.2) is 9.59 Å². The first-order valence-electron chi connectivity index (χ1n) is 8.38. The monoisotopic (exact) mass is 420 g/mol. The van der Waals surface area contributed by atoms with E-state index in [9.17, 15) is 24.3 Å². The normalized spacial score (nSPS) is 15.7. The van der Waals surface area contributed by atoms with Gasteiger partial charge >= 0.3 is 17.8 Å². The SMILES string of the molecule is O=C(/C=C/c1ccco1)NCC1Cc2c(sc(NC(=O)C(=O)O)c2C(=O)O)CO1. The average Bonchev–Trinajstić information content (AvgIpc) is 3.31. The molecule has 10 nitrogen and oxygen atoms in total. The Hall–Kier alpha value is -3.44. The number of carbonyl (C=O) groups is 4. The number of fused-ring (bicyclic) bond motifs is 1. The van der Waals surface area contributed by atoms with Crippen molar-refractivity contribution < 1.29 is 38.5 Å². The second-order valence-electron chi connectivity index (χ2n) is 6.00. The van der Waals surface area contributed by atoms with Crippen LogP contribution in [0.25, 0.3) is 6.08 Å². The van der Waals surface area contributed by atoms with Crippen LogP contribution in [-0.4, -0.2) is 46.6 Å². The number of carboxylic acid groups (broad SMARTS) is 2. The molecule has 2 aromatic heterocycles. The summed E-state index contributed by atoms with van der Waals surface area (Å²) in [5.74, 6) is -4.16. The van der Waals surface area contributed by atoms with E-state index in [-0.39, 0.29) is 36.0 Å². The number of hydrogen-bond donors (Lipinski definition) is 4. The molecule has 4 N–H and O–H groups in total. The van der Waals surface area contributed by atoms with Crippen molar-refractivity contribution >= 4 is 46.2 Å². The van der Waals surface area contributed by atoms with Gasteiger partial charge in [-0.1, -0.05) is 0 Å². The summed E-state index contributed by atoms with van der Waals surface area (Å²) in [6.07, 6.45) is 4.02. The maximum Gasteiger partial charge on any atom is 0.394 e. The highest BCUT2D eigenvalue weighted by atomic mass is 32.1. The highest BCUT2D eigenvalue weighted by Gasteiger charge is 2.31. The molecule has 1 aliphatic rings. The molecule has 0 fully saturated rings. The predicted molar refractivity (Wildman–Crippen MR) is 101 cm³/mol. The number of anilines is 1. The first-order valence-corrected chi connectivity index (χ1v) is 9.20. The van der Waals surface area contributed by atoms with Crippen LogP contribution in [0.2, 0.25) is 0 Å². The molecular formula is C18H16N2O8S. The van der Waals surface area contributed by atoms with Gasteiger partial charge in [0.05, 0.1) is 24.5 Å². The molecule has 0 saturated carbocycles. The van der Waals surface area contributed by atoms with Crippen LogP contribution in [0.5, 0.6) is 0 Å². The summed E-state index contributed by atoms with van der Waals surface area (Å²) in [6, 6.07) is 3.39. The van der Waals surface area contributed by atoms with Crippen LogP contribution in [-0.2, 0) is 32.1 Å². The molecule has 0 bridgehead atoms. The summed E-state index contributed by atoms with van der Waals surface area (Å²) in [6.45, 7) is 0.235. The number of furan rings is 1. The number of aromatic carboxylic acids is 1. The Bertz CT molecular complexity index is 976. The maximum atomic E-state index is 11.9. The molecule has 152 valence electrons. The minimum Gasteiger partial charge on any atom is -0.478 e. The second-order valence-corrected chi connectivity index (χ2v) is 7.11. The lowest BCUT2D eigenvalue weighted by atomic mass is 10.0. The van der Waals surface area contributed by atoms with Crippen molar-refractivity contribution in [3.8, 4) is 0 Å². The van der Waals surface area contributed by atoms with Crippen molar-refractivity contribution in [1.29, 1.82) is 0 Å². The van der Waals surface area contributed by atoms with Crippen molar-refractivity contribution in [2.45, 2.75) is 19.1 Å². The van der Waals surface area contributed by atoms with Gasteiger partial charge in [0.1, 0.15) is 10.8 Å². The van der Waals surface area contributed by atoms with E-state index < -0.39 is 23.9 Å². The van der Waals surface area contributed by atoms with Gasteiger partial charge in [0.2, 0.25) is 5.91 Å². The number of carbonyl (C=O) groups excluding carboxylic acids is 2. The first kappa shape index (κ1) is 20.3. The summed E-state index contributed by atoms with van der Waals surface area (Å²) in [5.41, 5.74) is 0.303. The van der Waals surface area contributed by atoms with Gasteiger partial charge in [0.15, 0.2) is 0 Å². The van der Waals surface area contributed by atoms with Gasteiger partial charge < -0.3 is 30.0 Å². The van der Waals surface area contributed by atoms with Gasteiger partial charge in [-0.3, -0.25) is 9.59 Å². The lowest BCUT2D eigenvalue weighted by Crippen LogP contribution is -2.36. The molecular weight excluding hydrogens is 404 g/mol. The number of hydrogen-bond acceptors (Lipinski definition) is 7. The first-order chi connectivity index (χ1) is 13.8. The number of ether oxygens (including phenoxy) is 1. The number of amides is 2. The molecule has 1 aliphatic heterocycles. The van der Waals surface area contributed by atoms with Crippen LogP contribution in [0, 0.1) is 0 Å². The molecule has 0 radical (unpaired) electrons. The molecule has 0 aliphatic carbocycles. The van der Waals surface area contributed by atoms with E-state index in [4.69, 9.17) is 14.3 Å².